The second-order valence-corrected chi connectivity index (χ2v) is 5.59. The molecule has 6 heteroatoms. The Morgan fingerprint density at radius 3 is 2.90 bits per heavy atom. The van der Waals surface area contributed by atoms with E-state index < -0.39 is 0 Å². The average molecular weight is 303 g/mol. The third-order valence-electron chi connectivity index (χ3n) is 3.05. The lowest BCUT2D eigenvalue weighted by Gasteiger charge is -2.02. The number of imidazole rings is 1. The minimum absolute atomic E-state index is 0.293. The molecule has 0 atom stereocenters. The molecule has 0 amide bonds. The molecule has 3 N–H and O–H groups in total. The number of hydrogen-bond acceptors (Lipinski definition) is 4. The van der Waals surface area contributed by atoms with Gasteiger partial charge >= 0.3 is 0 Å². The average Bonchev–Trinajstić information content (AvgIpc) is 2.87. The van der Waals surface area contributed by atoms with Gasteiger partial charge in [0.2, 0.25) is 0 Å². The Kier molecular flexibility index (Phi) is 3.81. The summed E-state index contributed by atoms with van der Waals surface area (Å²) in [5.74, 6) is 0.470. The molecule has 0 spiro atoms. The highest BCUT2D eigenvalue weighted by Gasteiger charge is 2.07. The molecule has 0 aliphatic heterocycles. The first kappa shape index (κ1) is 13.9. The van der Waals surface area contributed by atoms with Crippen LogP contribution >= 0.6 is 11.8 Å². The SMILES string of the molecule is COc1ccc2nc(Sc3cc(F)cc(CN)c3)[nH]c2c1. The van der Waals surface area contributed by atoms with E-state index in [2.05, 4.69) is 9.97 Å². The number of rotatable bonds is 4. The fourth-order valence-electron chi connectivity index (χ4n) is 2.05. The zero-order valence-corrected chi connectivity index (χ0v) is 12.2. The van der Waals surface area contributed by atoms with Gasteiger partial charge in [-0.05, 0) is 35.9 Å². The maximum atomic E-state index is 13.5. The molecule has 0 saturated heterocycles. The molecule has 2 aromatic carbocycles. The quantitative estimate of drug-likeness (QED) is 0.776. The molecule has 0 bridgehead atoms. The van der Waals surface area contributed by atoms with Crippen molar-refractivity contribution in [1.29, 1.82) is 0 Å². The molecule has 3 rings (SSSR count). The summed E-state index contributed by atoms with van der Waals surface area (Å²) in [4.78, 5) is 8.43. The third kappa shape index (κ3) is 3.01. The number of aromatic nitrogens is 2. The molecule has 0 aliphatic rings. The van der Waals surface area contributed by atoms with Gasteiger partial charge in [0.05, 0.1) is 18.1 Å². The van der Waals surface area contributed by atoms with Crippen molar-refractivity contribution >= 4 is 22.8 Å². The van der Waals surface area contributed by atoms with Crippen LogP contribution in [0.4, 0.5) is 4.39 Å². The van der Waals surface area contributed by atoms with Gasteiger partial charge in [0.15, 0.2) is 5.16 Å². The highest BCUT2D eigenvalue weighted by atomic mass is 32.2. The zero-order chi connectivity index (χ0) is 14.8. The van der Waals surface area contributed by atoms with E-state index in [0.717, 1.165) is 27.2 Å². The van der Waals surface area contributed by atoms with Crippen molar-refractivity contribution < 1.29 is 9.13 Å². The predicted octanol–water partition coefficient (Wildman–Crippen LogP) is 3.32. The largest absolute Gasteiger partial charge is 0.497 e. The van der Waals surface area contributed by atoms with Crippen LogP contribution in [0.2, 0.25) is 0 Å². The van der Waals surface area contributed by atoms with E-state index in [4.69, 9.17) is 10.5 Å². The molecular formula is C15H14FN3OS. The van der Waals surface area contributed by atoms with E-state index in [1.165, 1.54) is 23.9 Å². The summed E-state index contributed by atoms with van der Waals surface area (Å²) in [6.45, 7) is 0.308. The van der Waals surface area contributed by atoms with Gasteiger partial charge in [0.1, 0.15) is 11.6 Å². The Morgan fingerprint density at radius 2 is 2.14 bits per heavy atom. The molecule has 0 saturated carbocycles. The first-order valence-electron chi connectivity index (χ1n) is 6.39. The summed E-state index contributed by atoms with van der Waals surface area (Å²) in [6.07, 6.45) is 0. The van der Waals surface area contributed by atoms with Crippen LogP contribution in [-0.2, 0) is 6.54 Å². The van der Waals surface area contributed by atoms with Gasteiger partial charge in [-0.2, -0.15) is 0 Å². The Morgan fingerprint density at radius 1 is 1.29 bits per heavy atom. The Hall–Kier alpha value is -2.05. The van der Waals surface area contributed by atoms with Crippen LogP contribution in [0.3, 0.4) is 0 Å². The van der Waals surface area contributed by atoms with E-state index >= 15 is 0 Å². The molecule has 0 radical (unpaired) electrons. The fraction of sp³-hybridized carbons (Fsp3) is 0.133. The first-order chi connectivity index (χ1) is 10.2. The molecule has 0 unspecified atom stereocenters. The second-order valence-electron chi connectivity index (χ2n) is 4.53. The number of hydrogen-bond donors (Lipinski definition) is 2. The molecule has 3 aromatic rings. The number of aromatic amines is 1. The smallest absolute Gasteiger partial charge is 0.171 e. The molecule has 4 nitrogen and oxygen atoms in total. The van der Waals surface area contributed by atoms with Gasteiger partial charge in [-0.1, -0.05) is 11.8 Å². The number of halogens is 1. The van der Waals surface area contributed by atoms with Crippen molar-refractivity contribution in [1.82, 2.24) is 9.97 Å². The van der Waals surface area contributed by atoms with E-state index in [9.17, 15) is 4.39 Å². The number of methoxy groups -OCH3 is 1. The summed E-state index contributed by atoms with van der Waals surface area (Å²) in [5.41, 5.74) is 8.04. The number of nitrogens with two attached hydrogens (primary N) is 1. The molecule has 0 aliphatic carbocycles. The van der Waals surface area contributed by atoms with Crippen LogP contribution in [0.25, 0.3) is 11.0 Å². The van der Waals surface area contributed by atoms with Gasteiger partial charge in [0, 0.05) is 17.5 Å². The second kappa shape index (κ2) is 5.75. The number of nitrogens with one attached hydrogen (secondary N) is 1. The molecule has 108 valence electrons. The number of nitrogens with zero attached hydrogens (tertiary/aromatic N) is 1. The molecule has 0 fully saturated rings. The van der Waals surface area contributed by atoms with Crippen LogP contribution in [-0.4, -0.2) is 17.1 Å². The van der Waals surface area contributed by atoms with E-state index in [0.29, 0.717) is 11.7 Å². The lowest BCUT2D eigenvalue weighted by atomic mass is 10.2. The molecule has 21 heavy (non-hydrogen) atoms. The number of ether oxygens (including phenoxy) is 1. The first-order valence-corrected chi connectivity index (χ1v) is 7.21. The Labute approximate surface area is 125 Å². The third-order valence-corrected chi connectivity index (χ3v) is 3.91. The zero-order valence-electron chi connectivity index (χ0n) is 11.4. The van der Waals surface area contributed by atoms with Crippen molar-refractivity contribution in [2.24, 2.45) is 5.73 Å². The van der Waals surface area contributed by atoms with Gasteiger partial charge in [-0.15, -0.1) is 0 Å². The topological polar surface area (TPSA) is 63.9 Å². The highest BCUT2D eigenvalue weighted by molar-refractivity contribution is 7.99. The lowest BCUT2D eigenvalue weighted by molar-refractivity contribution is 0.415. The van der Waals surface area contributed by atoms with Crippen molar-refractivity contribution in [3.8, 4) is 5.75 Å². The van der Waals surface area contributed by atoms with Crippen molar-refractivity contribution in [3.63, 3.8) is 0 Å². The predicted molar refractivity (Wildman–Crippen MR) is 81.1 cm³/mol. The van der Waals surface area contributed by atoms with Gasteiger partial charge < -0.3 is 15.5 Å². The van der Waals surface area contributed by atoms with Crippen molar-refractivity contribution in [3.05, 3.63) is 47.8 Å². The maximum absolute atomic E-state index is 13.5. The van der Waals surface area contributed by atoms with Crippen molar-refractivity contribution in [2.75, 3.05) is 7.11 Å². The minimum Gasteiger partial charge on any atom is -0.497 e. The van der Waals surface area contributed by atoms with E-state index in [1.54, 1.807) is 7.11 Å². The minimum atomic E-state index is -0.293. The number of benzene rings is 2. The molecule has 1 aromatic heterocycles. The molecular weight excluding hydrogens is 289 g/mol. The van der Waals surface area contributed by atoms with E-state index in [-0.39, 0.29) is 5.82 Å². The molecule has 1 heterocycles. The number of H-pyrrole nitrogens is 1. The van der Waals surface area contributed by atoms with Crippen molar-refractivity contribution in [2.45, 2.75) is 16.6 Å². The van der Waals surface area contributed by atoms with Gasteiger partial charge in [-0.3, -0.25) is 0 Å². The maximum Gasteiger partial charge on any atom is 0.171 e. The van der Waals surface area contributed by atoms with E-state index in [1.807, 2.05) is 24.3 Å². The summed E-state index contributed by atoms with van der Waals surface area (Å²) in [7, 11) is 1.62. The summed E-state index contributed by atoms with van der Waals surface area (Å²) in [6, 6.07) is 10.4. The standard InChI is InChI=1S/C15H14FN3OS/c1-20-11-2-3-13-14(7-11)19-15(18-13)21-12-5-9(8-17)4-10(16)6-12/h2-7H,8,17H2,1H3,(H,18,19). The Balaban J connectivity index is 1.92. The highest BCUT2D eigenvalue weighted by Crippen LogP contribution is 2.29. The van der Waals surface area contributed by atoms with Gasteiger partial charge in [0.25, 0.3) is 0 Å². The van der Waals surface area contributed by atoms with Crippen LogP contribution in [0.5, 0.6) is 5.75 Å². The van der Waals surface area contributed by atoms with Gasteiger partial charge in [-0.25, -0.2) is 9.37 Å². The normalized spacial score (nSPS) is 11.0. The summed E-state index contributed by atoms with van der Waals surface area (Å²) >= 11 is 1.37. The summed E-state index contributed by atoms with van der Waals surface area (Å²) < 4.78 is 18.7. The van der Waals surface area contributed by atoms with Crippen LogP contribution in [0, 0.1) is 5.82 Å². The van der Waals surface area contributed by atoms with Crippen LogP contribution in [0.1, 0.15) is 5.56 Å². The van der Waals surface area contributed by atoms with Crippen LogP contribution < -0.4 is 10.5 Å². The summed E-state index contributed by atoms with van der Waals surface area (Å²) in [5, 5.41) is 0.701. The monoisotopic (exact) mass is 303 g/mol. The van der Waals surface area contributed by atoms with Crippen LogP contribution in [0.15, 0.2) is 46.5 Å². The fourth-order valence-corrected chi connectivity index (χ4v) is 2.96. The lowest BCUT2D eigenvalue weighted by Crippen LogP contribution is -1.97. The number of fused-ring (bicyclic) bond motifs is 1. The Bertz CT molecular complexity index is 788.